The number of aromatic nitrogens is 2. The second-order valence-corrected chi connectivity index (χ2v) is 5.47. The molecule has 0 saturated heterocycles. The highest BCUT2D eigenvalue weighted by atomic mass is 16.3. The van der Waals surface area contributed by atoms with E-state index in [1.165, 1.54) is 0 Å². The summed E-state index contributed by atoms with van der Waals surface area (Å²) in [6.45, 7) is 6.80. The highest BCUT2D eigenvalue weighted by molar-refractivity contribution is 5.55. The fourth-order valence-corrected chi connectivity index (χ4v) is 2.64. The number of benzene rings is 1. The molecule has 0 fully saturated rings. The van der Waals surface area contributed by atoms with Crippen molar-refractivity contribution in [3.05, 3.63) is 46.9 Å². The lowest BCUT2D eigenvalue weighted by atomic mass is 10.1. The maximum absolute atomic E-state index is 12.4. The van der Waals surface area contributed by atoms with Crippen molar-refractivity contribution in [2.24, 2.45) is 0 Å². The predicted octanol–water partition coefficient (Wildman–Crippen LogP) is 2.86. The molecule has 0 radical (unpaired) electrons. The Labute approximate surface area is 118 Å². The lowest BCUT2D eigenvalue weighted by Crippen LogP contribution is -2.25. The van der Waals surface area contributed by atoms with Gasteiger partial charge < -0.3 is 5.32 Å². The van der Waals surface area contributed by atoms with Crippen LogP contribution in [0.2, 0.25) is 0 Å². The molecule has 0 spiro atoms. The average molecular weight is 271 g/mol. The molecule has 0 amide bonds. The van der Waals surface area contributed by atoms with Gasteiger partial charge >= 0.3 is 0 Å². The minimum atomic E-state index is -0.226. The van der Waals surface area contributed by atoms with Crippen molar-refractivity contribution >= 4 is 5.69 Å². The van der Waals surface area contributed by atoms with Gasteiger partial charge in [0.25, 0.3) is 5.69 Å². The lowest BCUT2D eigenvalue weighted by molar-refractivity contribution is -0.512. The molecular weight excluding hydrogens is 252 g/mol. The summed E-state index contributed by atoms with van der Waals surface area (Å²) in [5.41, 5.74) is 3.53. The maximum Gasteiger partial charge on any atom is 0.280 e. The largest absolute Gasteiger partial charge is 0.309 e. The van der Waals surface area contributed by atoms with Crippen molar-refractivity contribution in [3.63, 3.8) is 0 Å². The monoisotopic (exact) mass is 271 g/mol. The summed E-state index contributed by atoms with van der Waals surface area (Å²) in [4.78, 5) is 16.9. The molecular formula is C15H19N4O+. The van der Waals surface area contributed by atoms with E-state index in [-0.39, 0.29) is 6.04 Å². The maximum atomic E-state index is 12.4. The molecule has 2 aromatic rings. The Morgan fingerprint density at radius 3 is 2.90 bits per heavy atom. The highest BCUT2D eigenvalue weighted by Gasteiger charge is 2.38. The van der Waals surface area contributed by atoms with Crippen LogP contribution in [0, 0.1) is 4.91 Å². The van der Waals surface area contributed by atoms with Gasteiger partial charge in [-0.3, -0.25) is 4.57 Å². The van der Waals surface area contributed by atoms with E-state index in [0.29, 0.717) is 18.3 Å². The Bertz CT molecular complexity index is 660. The first kappa shape index (κ1) is 13.0. The second-order valence-electron chi connectivity index (χ2n) is 5.47. The van der Waals surface area contributed by atoms with E-state index >= 15 is 0 Å². The average Bonchev–Trinajstić information content (AvgIpc) is 2.86. The first-order chi connectivity index (χ1) is 9.59. The van der Waals surface area contributed by atoms with Crippen LogP contribution >= 0.6 is 0 Å². The Balaban J connectivity index is 2.08. The van der Waals surface area contributed by atoms with E-state index in [1.807, 2.05) is 42.1 Å². The topological polar surface area (TPSA) is 49.9 Å². The molecule has 1 aliphatic heterocycles. The van der Waals surface area contributed by atoms with E-state index < -0.39 is 0 Å². The number of fused-ring (bicyclic) bond motifs is 3. The van der Waals surface area contributed by atoms with Crippen molar-refractivity contribution in [3.8, 4) is 5.69 Å². The van der Waals surface area contributed by atoms with Crippen LogP contribution in [0.15, 0.2) is 30.6 Å². The summed E-state index contributed by atoms with van der Waals surface area (Å²) in [7, 11) is 0. The Hall–Kier alpha value is -2.01. The Morgan fingerprint density at radius 2 is 2.15 bits per heavy atom. The van der Waals surface area contributed by atoms with Gasteiger partial charge in [0.2, 0.25) is 6.04 Å². The van der Waals surface area contributed by atoms with Gasteiger partial charge in [-0.2, -0.15) is 0 Å². The van der Waals surface area contributed by atoms with Crippen molar-refractivity contribution in [1.82, 2.24) is 14.9 Å². The van der Waals surface area contributed by atoms with E-state index in [0.717, 1.165) is 21.8 Å². The van der Waals surface area contributed by atoms with Gasteiger partial charge in [-0.25, -0.2) is 4.98 Å². The zero-order valence-corrected chi connectivity index (χ0v) is 12.0. The summed E-state index contributed by atoms with van der Waals surface area (Å²) in [6, 6.07) is 7.81. The van der Waals surface area contributed by atoms with E-state index in [9.17, 15) is 4.91 Å². The van der Waals surface area contributed by atoms with E-state index in [4.69, 9.17) is 0 Å². The predicted molar refractivity (Wildman–Crippen MR) is 77.2 cm³/mol. The van der Waals surface area contributed by atoms with Crippen molar-refractivity contribution in [2.75, 3.05) is 0 Å². The van der Waals surface area contributed by atoms with Crippen molar-refractivity contribution in [2.45, 2.75) is 39.4 Å². The lowest BCUT2D eigenvalue weighted by Gasteiger charge is -2.18. The SMILES string of the molecule is CC(C)NCc1ncn2c1C(C)[N+](=O)c1ccccc1-2. The summed E-state index contributed by atoms with van der Waals surface area (Å²) < 4.78 is 3.11. The van der Waals surface area contributed by atoms with Crippen LogP contribution in [0.25, 0.3) is 5.69 Å². The van der Waals surface area contributed by atoms with Crippen LogP contribution in [-0.2, 0) is 6.54 Å². The number of para-hydroxylation sites is 2. The smallest absolute Gasteiger partial charge is 0.280 e. The van der Waals surface area contributed by atoms with Crippen LogP contribution < -0.4 is 5.32 Å². The molecule has 5 nitrogen and oxygen atoms in total. The normalized spacial score (nSPS) is 17.2. The van der Waals surface area contributed by atoms with Crippen LogP contribution in [0.5, 0.6) is 0 Å². The molecule has 0 bridgehead atoms. The van der Waals surface area contributed by atoms with E-state index in [1.54, 1.807) is 0 Å². The summed E-state index contributed by atoms with van der Waals surface area (Å²) >= 11 is 0. The van der Waals surface area contributed by atoms with Crippen LogP contribution in [0.1, 0.15) is 38.2 Å². The fraction of sp³-hybridized carbons (Fsp3) is 0.400. The number of nitrogens with zero attached hydrogens (tertiary/aromatic N) is 3. The Kier molecular flexibility index (Phi) is 3.14. The quantitative estimate of drug-likeness (QED) is 0.873. The van der Waals surface area contributed by atoms with Gasteiger partial charge in [0.05, 0.1) is 5.69 Å². The van der Waals surface area contributed by atoms with Crippen LogP contribution in [-0.4, -0.2) is 20.4 Å². The molecule has 20 heavy (non-hydrogen) atoms. The molecule has 104 valence electrons. The summed E-state index contributed by atoms with van der Waals surface area (Å²) in [5.74, 6) is 0. The first-order valence-corrected chi connectivity index (χ1v) is 6.95. The Morgan fingerprint density at radius 1 is 1.40 bits per heavy atom. The highest BCUT2D eigenvalue weighted by Crippen LogP contribution is 2.37. The van der Waals surface area contributed by atoms with Crippen molar-refractivity contribution in [1.29, 1.82) is 0 Å². The van der Waals surface area contributed by atoms with Crippen molar-refractivity contribution < 1.29 is 4.76 Å². The third-order valence-electron chi connectivity index (χ3n) is 3.69. The van der Waals surface area contributed by atoms with Gasteiger partial charge in [0.1, 0.15) is 17.7 Å². The van der Waals surface area contributed by atoms with Crippen LogP contribution in [0.4, 0.5) is 5.69 Å². The second kappa shape index (κ2) is 4.83. The molecule has 2 heterocycles. The standard InChI is InChI=1S/C15H19N4O/c1-10(2)16-8-12-15-11(3)19(20)14-7-5-4-6-13(14)18(15)9-17-12/h4-7,9-11,16H,8H2,1-3H3/q+1. The fourth-order valence-electron chi connectivity index (χ4n) is 2.64. The molecule has 1 aliphatic rings. The third kappa shape index (κ3) is 1.94. The molecule has 0 aliphatic carbocycles. The minimum absolute atomic E-state index is 0.226. The van der Waals surface area contributed by atoms with Gasteiger partial charge in [-0.15, -0.1) is 0 Å². The van der Waals surface area contributed by atoms with Crippen LogP contribution in [0.3, 0.4) is 0 Å². The number of nitroso groups, excluding NO2 is 1. The molecule has 1 atom stereocenters. The summed E-state index contributed by atoms with van der Waals surface area (Å²) in [6.07, 6.45) is 1.81. The number of imidazole rings is 1. The third-order valence-corrected chi connectivity index (χ3v) is 3.69. The van der Waals surface area contributed by atoms with Gasteiger partial charge in [-0.1, -0.05) is 26.0 Å². The van der Waals surface area contributed by atoms with Gasteiger partial charge in [0.15, 0.2) is 0 Å². The van der Waals surface area contributed by atoms with Gasteiger partial charge in [-0.05, 0) is 6.07 Å². The number of hydrogen-bond acceptors (Lipinski definition) is 3. The van der Waals surface area contributed by atoms with E-state index in [2.05, 4.69) is 24.1 Å². The number of rotatable bonds is 3. The molecule has 1 aromatic carbocycles. The first-order valence-electron chi connectivity index (χ1n) is 6.95. The molecule has 3 rings (SSSR count). The molecule has 1 N–H and O–H groups in total. The minimum Gasteiger partial charge on any atom is -0.309 e. The molecule has 1 aromatic heterocycles. The summed E-state index contributed by atoms with van der Waals surface area (Å²) in [5, 5.41) is 3.36. The zero-order chi connectivity index (χ0) is 14.3. The molecule has 5 heteroatoms. The van der Waals surface area contributed by atoms with Gasteiger partial charge in [0, 0.05) is 35.2 Å². The zero-order valence-electron chi connectivity index (χ0n) is 12.0. The number of hydrogen-bond donors (Lipinski definition) is 1. The molecule has 0 saturated carbocycles. The molecule has 1 unspecified atom stereocenters. The number of nitrogens with one attached hydrogen (secondary N) is 1.